The molecule has 2 rings (SSSR count). The lowest BCUT2D eigenvalue weighted by molar-refractivity contribution is 0.241. The van der Waals surface area contributed by atoms with E-state index in [0.717, 1.165) is 6.61 Å². The molecule has 1 aliphatic rings. The number of hydrogen-bond donors (Lipinski definition) is 0. The van der Waals surface area contributed by atoms with Crippen molar-refractivity contribution in [3.63, 3.8) is 0 Å². The van der Waals surface area contributed by atoms with Gasteiger partial charge < -0.3 is 4.74 Å². The molecule has 1 heterocycles. The molecule has 0 spiro atoms. The van der Waals surface area contributed by atoms with Crippen molar-refractivity contribution in [3.8, 4) is 5.88 Å². The monoisotopic (exact) mass is 290 g/mol. The topological polar surface area (TPSA) is 35.0 Å². The molecule has 1 aromatic heterocycles. The van der Waals surface area contributed by atoms with E-state index in [-0.39, 0.29) is 0 Å². The highest BCUT2D eigenvalue weighted by atomic mass is 79.9. The predicted molar refractivity (Wildman–Crippen MR) is 62.2 cm³/mol. The Morgan fingerprint density at radius 3 is 2.87 bits per heavy atom. The maximum Gasteiger partial charge on any atom is 0.232 e. The number of rotatable bonds is 3. The smallest absolute Gasteiger partial charge is 0.232 e. The molecular formula is C10H12BrClN2O. The first-order chi connectivity index (χ1) is 7.27. The van der Waals surface area contributed by atoms with E-state index in [1.54, 1.807) is 0 Å². The number of ether oxygens (including phenoxy) is 1. The standard InChI is InChI=1S/C10H12BrClN2O/c11-8-9(12)13-6-14-10(8)15-5-7-3-1-2-4-7/h6-7H,1-5H2. The van der Waals surface area contributed by atoms with E-state index in [1.165, 1.54) is 32.0 Å². The minimum Gasteiger partial charge on any atom is -0.476 e. The summed E-state index contributed by atoms with van der Waals surface area (Å²) in [6.07, 6.45) is 6.57. The number of aromatic nitrogens is 2. The van der Waals surface area contributed by atoms with Gasteiger partial charge in [0.15, 0.2) is 5.15 Å². The third-order valence-corrected chi connectivity index (χ3v) is 3.88. The zero-order valence-electron chi connectivity index (χ0n) is 8.25. The van der Waals surface area contributed by atoms with E-state index in [0.29, 0.717) is 21.4 Å². The van der Waals surface area contributed by atoms with Gasteiger partial charge in [-0.2, -0.15) is 0 Å². The van der Waals surface area contributed by atoms with Crippen LogP contribution in [0, 0.1) is 5.92 Å². The number of halogens is 2. The Balaban J connectivity index is 1.95. The maximum absolute atomic E-state index is 5.83. The average molecular weight is 292 g/mol. The summed E-state index contributed by atoms with van der Waals surface area (Å²) in [4.78, 5) is 7.88. The fraction of sp³-hybridized carbons (Fsp3) is 0.600. The first kappa shape index (κ1) is 11.1. The zero-order valence-corrected chi connectivity index (χ0v) is 10.6. The van der Waals surface area contributed by atoms with Gasteiger partial charge in [0.2, 0.25) is 5.88 Å². The Bertz CT molecular complexity index is 342. The summed E-state index contributed by atoms with van der Waals surface area (Å²) in [5.41, 5.74) is 0. The molecule has 15 heavy (non-hydrogen) atoms. The van der Waals surface area contributed by atoms with E-state index in [4.69, 9.17) is 16.3 Å². The fourth-order valence-electron chi connectivity index (χ4n) is 1.81. The van der Waals surface area contributed by atoms with Gasteiger partial charge in [-0.3, -0.25) is 0 Å². The van der Waals surface area contributed by atoms with Crippen LogP contribution in [0.15, 0.2) is 10.8 Å². The number of hydrogen-bond acceptors (Lipinski definition) is 3. The van der Waals surface area contributed by atoms with Gasteiger partial charge in [0.05, 0.1) is 6.61 Å². The highest BCUT2D eigenvalue weighted by molar-refractivity contribution is 9.10. The molecule has 0 aliphatic heterocycles. The van der Waals surface area contributed by atoms with Crippen LogP contribution in [-0.4, -0.2) is 16.6 Å². The maximum atomic E-state index is 5.83. The molecule has 5 heteroatoms. The summed E-state index contributed by atoms with van der Waals surface area (Å²) in [5, 5.41) is 0.395. The molecule has 0 N–H and O–H groups in total. The molecule has 1 aliphatic carbocycles. The van der Waals surface area contributed by atoms with Crippen LogP contribution in [0.4, 0.5) is 0 Å². The lowest BCUT2D eigenvalue weighted by Gasteiger charge is -2.11. The molecule has 0 amide bonds. The molecule has 0 atom stereocenters. The Kier molecular flexibility index (Phi) is 3.81. The first-order valence-electron chi connectivity index (χ1n) is 5.06. The van der Waals surface area contributed by atoms with Crippen molar-refractivity contribution in [1.82, 2.24) is 9.97 Å². The normalized spacial score (nSPS) is 16.9. The van der Waals surface area contributed by atoms with Crippen molar-refractivity contribution in [2.24, 2.45) is 5.92 Å². The third kappa shape index (κ3) is 2.82. The second kappa shape index (κ2) is 5.12. The van der Waals surface area contributed by atoms with E-state index in [2.05, 4.69) is 25.9 Å². The van der Waals surface area contributed by atoms with Crippen LogP contribution >= 0.6 is 27.5 Å². The van der Waals surface area contributed by atoms with Gasteiger partial charge in [-0.25, -0.2) is 9.97 Å². The highest BCUT2D eigenvalue weighted by Gasteiger charge is 2.17. The van der Waals surface area contributed by atoms with Crippen molar-refractivity contribution in [2.75, 3.05) is 6.61 Å². The van der Waals surface area contributed by atoms with Gasteiger partial charge in [0, 0.05) is 0 Å². The third-order valence-electron chi connectivity index (χ3n) is 2.65. The van der Waals surface area contributed by atoms with Gasteiger partial charge in [-0.05, 0) is 34.7 Å². The molecule has 1 aromatic rings. The van der Waals surface area contributed by atoms with Crippen molar-refractivity contribution >= 4 is 27.5 Å². The van der Waals surface area contributed by atoms with E-state index in [9.17, 15) is 0 Å². The van der Waals surface area contributed by atoms with Crippen LogP contribution in [0.1, 0.15) is 25.7 Å². The Morgan fingerprint density at radius 2 is 2.13 bits per heavy atom. The second-order valence-electron chi connectivity index (χ2n) is 3.75. The lowest BCUT2D eigenvalue weighted by Crippen LogP contribution is -2.09. The van der Waals surface area contributed by atoms with Crippen molar-refractivity contribution in [1.29, 1.82) is 0 Å². The zero-order chi connectivity index (χ0) is 10.7. The van der Waals surface area contributed by atoms with Gasteiger partial charge in [0.1, 0.15) is 10.8 Å². The van der Waals surface area contributed by atoms with E-state index < -0.39 is 0 Å². The van der Waals surface area contributed by atoms with Gasteiger partial charge in [-0.1, -0.05) is 24.4 Å². The molecule has 0 saturated heterocycles. The minimum atomic E-state index is 0.395. The highest BCUT2D eigenvalue weighted by Crippen LogP contribution is 2.30. The minimum absolute atomic E-state index is 0.395. The summed E-state index contributed by atoms with van der Waals surface area (Å²) >= 11 is 9.14. The molecule has 3 nitrogen and oxygen atoms in total. The molecule has 0 radical (unpaired) electrons. The van der Waals surface area contributed by atoms with Crippen LogP contribution in [0.2, 0.25) is 5.15 Å². The Morgan fingerprint density at radius 1 is 1.40 bits per heavy atom. The summed E-state index contributed by atoms with van der Waals surface area (Å²) in [6.45, 7) is 0.728. The molecule has 0 bridgehead atoms. The summed E-state index contributed by atoms with van der Waals surface area (Å²) in [5.74, 6) is 1.22. The van der Waals surface area contributed by atoms with Gasteiger partial charge in [-0.15, -0.1) is 0 Å². The van der Waals surface area contributed by atoms with Gasteiger partial charge in [0.25, 0.3) is 0 Å². The van der Waals surface area contributed by atoms with Gasteiger partial charge >= 0.3 is 0 Å². The molecule has 0 unspecified atom stereocenters. The molecule has 82 valence electrons. The first-order valence-corrected chi connectivity index (χ1v) is 6.23. The fourth-order valence-corrected chi connectivity index (χ4v) is 2.25. The summed E-state index contributed by atoms with van der Waals surface area (Å²) < 4.78 is 6.26. The molecule has 1 saturated carbocycles. The Labute approximate surface area is 102 Å². The SMILES string of the molecule is Clc1ncnc(OCC2CCCC2)c1Br. The average Bonchev–Trinajstić information content (AvgIpc) is 2.73. The summed E-state index contributed by atoms with van der Waals surface area (Å²) in [7, 11) is 0. The number of nitrogens with zero attached hydrogens (tertiary/aromatic N) is 2. The van der Waals surface area contributed by atoms with Crippen molar-refractivity contribution in [2.45, 2.75) is 25.7 Å². The largest absolute Gasteiger partial charge is 0.476 e. The predicted octanol–water partition coefficient (Wildman–Crippen LogP) is 3.46. The van der Waals surface area contributed by atoms with Crippen LogP contribution in [0.5, 0.6) is 5.88 Å². The van der Waals surface area contributed by atoms with Crippen LogP contribution in [-0.2, 0) is 0 Å². The molecular weight excluding hydrogens is 279 g/mol. The van der Waals surface area contributed by atoms with Crippen molar-refractivity contribution in [3.05, 3.63) is 16.0 Å². The van der Waals surface area contributed by atoms with Crippen molar-refractivity contribution < 1.29 is 4.74 Å². The molecule has 0 aromatic carbocycles. The molecule has 1 fully saturated rings. The van der Waals surface area contributed by atoms with Crippen LogP contribution < -0.4 is 4.74 Å². The van der Waals surface area contributed by atoms with Crippen LogP contribution in [0.25, 0.3) is 0 Å². The van der Waals surface area contributed by atoms with E-state index >= 15 is 0 Å². The summed E-state index contributed by atoms with van der Waals surface area (Å²) in [6, 6.07) is 0. The Hall–Kier alpha value is -0.350. The van der Waals surface area contributed by atoms with Crippen LogP contribution in [0.3, 0.4) is 0 Å². The second-order valence-corrected chi connectivity index (χ2v) is 4.90. The quantitative estimate of drug-likeness (QED) is 0.800. The lowest BCUT2D eigenvalue weighted by atomic mass is 10.1. The van der Waals surface area contributed by atoms with E-state index in [1.807, 2.05) is 0 Å².